The van der Waals surface area contributed by atoms with E-state index < -0.39 is 0 Å². The third kappa shape index (κ3) is 1.82. The molecule has 0 saturated carbocycles. The van der Waals surface area contributed by atoms with E-state index in [2.05, 4.69) is 10.3 Å². The predicted molar refractivity (Wildman–Crippen MR) is 52.3 cm³/mol. The average molecular weight is 204 g/mol. The third-order valence-electron chi connectivity index (χ3n) is 2.02. The fourth-order valence-electron chi connectivity index (χ4n) is 1.30. The molecule has 0 fully saturated rings. The second-order valence-corrected chi connectivity index (χ2v) is 2.97. The second-order valence-electron chi connectivity index (χ2n) is 2.97. The van der Waals surface area contributed by atoms with Gasteiger partial charge in [0, 0.05) is 0 Å². The summed E-state index contributed by atoms with van der Waals surface area (Å²) in [7, 11) is 1.59. The van der Waals surface area contributed by atoms with Crippen LogP contribution >= 0.6 is 0 Å². The summed E-state index contributed by atoms with van der Waals surface area (Å²) >= 11 is 0. The van der Waals surface area contributed by atoms with Gasteiger partial charge in [-0.3, -0.25) is 0 Å². The van der Waals surface area contributed by atoms with Gasteiger partial charge in [0.2, 0.25) is 0 Å². The van der Waals surface area contributed by atoms with Crippen LogP contribution in [0.5, 0.6) is 5.75 Å². The van der Waals surface area contributed by atoms with E-state index in [9.17, 15) is 5.11 Å². The van der Waals surface area contributed by atoms with Crippen LogP contribution in [0.3, 0.4) is 0 Å². The number of ether oxygens (including phenoxy) is 1. The zero-order chi connectivity index (χ0) is 10.7. The molecular weight excluding hydrogens is 194 g/mol. The summed E-state index contributed by atoms with van der Waals surface area (Å²) in [4.78, 5) is 0. The molecule has 5 heteroatoms. The zero-order valence-electron chi connectivity index (χ0n) is 8.25. The van der Waals surface area contributed by atoms with Gasteiger partial charge in [-0.2, -0.15) is 0 Å². The van der Waals surface area contributed by atoms with Crippen molar-refractivity contribution in [3.8, 4) is 11.4 Å². The molecule has 1 heterocycles. The number of aromatic nitrogens is 3. The molecule has 0 amide bonds. The van der Waals surface area contributed by atoms with Crippen molar-refractivity contribution in [2.75, 3.05) is 7.11 Å². The Morgan fingerprint density at radius 2 is 2.20 bits per heavy atom. The highest BCUT2D eigenvalue weighted by atomic mass is 16.5. The minimum atomic E-state index is -0.366. The van der Waals surface area contributed by atoms with Crippen LogP contribution in [0.15, 0.2) is 30.5 Å². The van der Waals surface area contributed by atoms with Crippen molar-refractivity contribution in [3.63, 3.8) is 0 Å². The molecule has 0 saturated heterocycles. The topological polar surface area (TPSA) is 59.8 Å². The van der Waals surface area contributed by atoms with Gasteiger partial charge in [-0.05, 0) is 12.1 Å². The number of hydrogen-bond acceptors (Lipinski definition) is 3. The van der Waals surface area contributed by atoms with Crippen molar-refractivity contribution >= 4 is 0 Å². The fourth-order valence-corrected chi connectivity index (χ4v) is 1.30. The van der Waals surface area contributed by atoms with Crippen LogP contribution in [-0.2, 0) is 11.7 Å². The Hall–Kier alpha value is -1.88. The minimum Gasteiger partial charge on any atom is -0.494 e. The van der Waals surface area contributed by atoms with E-state index in [1.165, 1.54) is 4.68 Å². The van der Waals surface area contributed by atoms with Crippen LogP contribution in [0.25, 0.3) is 5.69 Å². The highest BCUT2D eigenvalue weighted by Crippen LogP contribution is 2.20. The van der Waals surface area contributed by atoms with E-state index in [-0.39, 0.29) is 6.61 Å². The number of rotatable bonds is 3. The van der Waals surface area contributed by atoms with Gasteiger partial charge in [0.1, 0.15) is 23.7 Å². The van der Waals surface area contributed by atoms with Crippen LogP contribution < -0.4 is 4.74 Å². The molecule has 5 nitrogen and oxygen atoms in total. The smallest absolute Gasteiger partial charge is 0.144 e. The van der Waals surface area contributed by atoms with E-state index in [0.29, 0.717) is 11.4 Å². The summed E-state index contributed by atoms with van der Waals surface area (Å²) in [5.41, 5.74) is 1.19. The highest BCUT2D eigenvalue weighted by Gasteiger charge is 2.06. The molecule has 0 unspecified atom stereocenters. The van der Waals surface area contributed by atoms with Gasteiger partial charge in [-0.15, -0.1) is 5.10 Å². The maximum atomic E-state index is 10.6. The Morgan fingerprint density at radius 1 is 1.40 bits per heavy atom. The number of para-hydroxylation sites is 2. The minimum absolute atomic E-state index is 0.366. The summed E-state index contributed by atoms with van der Waals surface area (Å²) in [6.45, 7) is -0.366. The quantitative estimate of drug-likeness (QED) is 0.754. The molecule has 0 atom stereocenters. The molecule has 0 bridgehead atoms. The van der Waals surface area contributed by atoms with Crippen molar-refractivity contribution in [1.29, 1.82) is 0 Å². The molecule has 2 rings (SSSR count). The summed E-state index contributed by atoms with van der Waals surface area (Å²) in [6, 6.07) is 7.42. The molecule has 1 aromatic carbocycles. The van der Waals surface area contributed by atoms with E-state index in [1.807, 2.05) is 24.3 Å². The maximum Gasteiger partial charge on any atom is 0.144 e. The molecule has 0 N–H and O–H groups in total. The van der Waals surface area contributed by atoms with Gasteiger partial charge in [-0.25, -0.2) is 9.79 Å². The number of methoxy groups -OCH3 is 1. The van der Waals surface area contributed by atoms with Gasteiger partial charge in [0.25, 0.3) is 0 Å². The summed E-state index contributed by atoms with van der Waals surface area (Å²) in [5, 5.41) is 18.2. The molecular formula is C10H10N3O2. The maximum absolute atomic E-state index is 10.6. The van der Waals surface area contributed by atoms with Crippen molar-refractivity contribution in [3.05, 3.63) is 36.2 Å². The number of benzene rings is 1. The Balaban J connectivity index is 2.44. The fraction of sp³-hybridized carbons (Fsp3) is 0.200. The van der Waals surface area contributed by atoms with Crippen molar-refractivity contribution < 1.29 is 9.84 Å². The van der Waals surface area contributed by atoms with Gasteiger partial charge in [0.05, 0.1) is 13.3 Å². The first-order valence-corrected chi connectivity index (χ1v) is 4.48. The Kier molecular flexibility index (Phi) is 2.64. The SMILES string of the molecule is COc1ccccc1-n1cc(C[O])nn1. The molecule has 0 aliphatic carbocycles. The Labute approximate surface area is 86.9 Å². The standard InChI is InChI=1S/C10H10N3O2/c1-15-10-5-3-2-4-9(10)13-6-8(7-14)11-12-13/h2-6H,7H2,1H3. The highest BCUT2D eigenvalue weighted by molar-refractivity contribution is 5.45. The number of nitrogens with zero attached hydrogens (tertiary/aromatic N) is 3. The lowest BCUT2D eigenvalue weighted by Crippen LogP contribution is -1.98. The van der Waals surface area contributed by atoms with Crippen LogP contribution in [0, 0.1) is 0 Å². The summed E-state index contributed by atoms with van der Waals surface area (Å²) < 4.78 is 6.71. The Bertz CT molecular complexity index is 453. The largest absolute Gasteiger partial charge is 0.494 e. The first-order valence-electron chi connectivity index (χ1n) is 4.48. The molecule has 15 heavy (non-hydrogen) atoms. The van der Waals surface area contributed by atoms with E-state index in [0.717, 1.165) is 5.69 Å². The van der Waals surface area contributed by atoms with Gasteiger partial charge in [-0.1, -0.05) is 17.3 Å². The number of hydrogen-bond donors (Lipinski definition) is 0. The van der Waals surface area contributed by atoms with Crippen LogP contribution in [0.4, 0.5) is 0 Å². The second kappa shape index (κ2) is 4.10. The lowest BCUT2D eigenvalue weighted by Gasteiger charge is -2.06. The lowest BCUT2D eigenvalue weighted by atomic mass is 10.3. The molecule has 2 aromatic rings. The molecule has 0 spiro atoms. The van der Waals surface area contributed by atoms with Crippen LogP contribution in [-0.4, -0.2) is 22.1 Å². The first kappa shape index (κ1) is 9.67. The van der Waals surface area contributed by atoms with E-state index in [1.54, 1.807) is 13.3 Å². The molecule has 0 aliphatic rings. The van der Waals surface area contributed by atoms with Crippen molar-refractivity contribution in [1.82, 2.24) is 15.0 Å². The van der Waals surface area contributed by atoms with Crippen molar-refractivity contribution in [2.45, 2.75) is 6.61 Å². The Morgan fingerprint density at radius 3 is 2.87 bits per heavy atom. The third-order valence-corrected chi connectivity index (χ3v) is 2.02. The zero-order valence-corrected chi connectivity index (χ0v) is 8.25. The van der Waals surface area contributed by atoms with Gasteiger partial charge >= 0.3 is 0 Å². The molecule has 1 aromatic heterocycles. The predicted octanol–water partition coefficient (Wildman–Crippen LogP) is 1.21. The normalized spacial score (nSPS) is 10.3. The van der Waals surface area contributed by atoms with E-state index >= 15 is 0 Å². The molecule has 77 valence electrons. The van der Waals surface area contributed by atoms with E-state index in [4.69, 9.17) is 4.74 Å². The first-order chi connectivity index (χ1) is 7.35. The van der Waals surface area contributed by atoms with Crippen LogP contribution in [0.2, 0.25) is 0 Å². The lowest BCUT2D eigenvalue weighted by molar-refractivity contribution is 0.174. The monoisotopic (exact) mass is 204 g/mol. The van der Waals surface area contributed by atoms with Gasteiger partial charge < -0.3 is 4.74 Å². The van der Waals surface area contributed by atoms with Crippen molar-refractivity contribution in [2.24, 2.45) is 0 Å². The average Bonchev–Trinajstić information content (AvgIpc) is 2.77. The summed E-state index contributed by atoms with van der Waals surface area (Å²) in [5.74, 6) is 0.694. The molecule has 1 radical (unpaired) electrons. The summed E-state index contributed by atoms with van der Waals surface area (Å²) in [6.07, 6.45) is 1.60. The molecule has 0 aliphatic heterocycles. The van der Waals surface area contributed by atoms with Crippen LogP contribution in [0.1, 0.15) is 5.69 Å². The van der Waals surface area contributed by atoms with Gasteiger partial charge in [0.15, 0.2) is 0 Å².